The van der Waals surface area contributed by atoms with Crippen molar-refractivity contribution in [1.29, 1.82) is 0 Å². The monoisotopic (exact) mass is 265 g/mol. The van der Waals surface area contributed by atoms with Crippen LogP contribution in [0.15, 0.2) is 23.4 Å². The summed E-state index contributed by atoms with van der Waals surface area (Å²) in [7, 11) is 1.56. The Labute approximate surface area is 112 Å². The third kappa shape index (κ3) is 4.17. The Bertz CT molecular complexity index is 486. The van der Waals surface area contributed by atoms with Gasteiger partial charge in [0.25, 0.3) is 5.91 Å². The number of hydrogen-bond acceptors (Lipinski definition) is 4. The molecule has 0 aliphatic carbocycles. The summed E-state index contributed by atoms with van der Waals surface area (Å²) >= 11 is 0. The summed E-state index contributed by atoms with van der Waals surface area (Å²) in [5.41, 5.74) is 6.85. The molecule has 0 radical (unpaired) electrons. The molecule has 0 heterocycles. The molecule has 6 heteroatoms. The van der Waals surface area contributed by atoms with Gasteiger partial charge in [-0.1, -0.05) is 11.2 Å². The first-order valence-corrected chi connectivity index (χ1v) is 5.89. The van der Waals surface area contributed by atoms with Gasteiger partial charge in [-0.25, -0.2) is 0 Å². The zero-order valence-electron chi connectivity index (χ0n) is 11.3. The van der Waals surface area contributed by atoms with Crippen LogP contribution in [0.3, 0.4) is 0 Å². The normalized spacial score (nSPS) is 12.9. The average Bonchev–Trinajstić information content (AvgIpc) is 2.38. The number of nitrogens with one attached hydrogen (secondary N) is 1. The first-order chi connectivity index (χ1) is 8.97. The zero-order chi connectivity index (χ0) is 14.4. The highest BCUT2D eigenvalue weighted by molar-refractivity contribution is 5.95. The number of carbonyl (C=O) groups excluding carboxylic acids is 1. The summed E-state index contributed by atoms with van der Waals surface area (Å²) in [4.78, 5) is 12.0. The van der Waals surface area contributed by atoms with Crippen LogP contribution in [-0.2, 0) is 0 Å². The van der Waals surface area contributed by atoms with E-state index in [1.54, 1.807) is 26.2 Å². The molecular weight excluding hydrogens is 246 g/mol. The molecule has 0 aromatic heterocycles. The number of nitrogens with two attached hydrogens (primary N) is 1. The Kier molecular flexibility index (Phi) is 5.17. The quantitative estimate of drug-likeness (QED) is 0.323. The predicted molar refractivity (Wildman–Crippen MR) is 72.7 cm³/mol. The van der Waals surface area contributed by atoms with Gasteiger partial charge >= 0.3 is 0 Å². The maximum absolute atomic E-state index is 12.0. The van der Waals surface area contributed by atoms with Crippen molar-refractivity contribution < 1.29 is 14.7 Å². The highest BCUT2D eigenvalue weighted by atomic mass is 16.5. The Morgan fingerprint density at radius 3 is 2.84 bits per heavy atom. The van der Waals surface area contributed by atoms with E-state index < -0.39 is 0 Å². The summed E-state index contributed by atoms with van der Waals surface area (Å²) in [6.07, 6.45) is 0.283. The van der Waals surface area contributed by atoms with Crippen molar-refractivity contribution >= 4 is 11.7 Å². The number of carbonyl (C=O) groups is 1. The number of aryl methyl sites for hydroxylation is 1. The van der Waals surface area contributed by atoms with Gasteiger partial charge in [0, 0.05) is 18.0 Å². The number of methoxy groups -OCH3 is 1. The largest absolute Gasteiger partial charge is 0.496 e. The molecule has 0 saturated heterocycles. The van der Waals surface area contributed by atoms with Crippen molar-refractivity contribution in [2.24, 2.45) is 10.9 Å². The van der Waals surface area contributed by atoms with E-state index in [0.717, 1.165) is 5.56 Å². The number of benzene rings is 1. The molecule has 1 aromatic carbocycles. The van der Waals surface area contributed by atoms with Gasteiger partial charge in [0.05, 0.1) is 7.11 Å². The molecule has 19 heavy (non-hydrogen) atoms. The van der Waals surface area contributed by atoms with E-state index in [9.17, 15) is 4.79 Å². The SMILES string of the molecule is COc1cc(C(=O)NC(C)CC(N)=NO)ccc1C. The number of hydrogen-bond donors (Lipinski definition) is 3. The molecule has 1 rings (SSSR count). The number of ether oxygens (including phenoxy) is 1. The topological polar surface area (TPSA) is 96.9 Å². The molecule has 0 saturated carbocycles. The van der Waals surface area contributed by atoms with E-state index >= 15 is 0 Å². The van der Waals surface area contributed by atoms with Crippen molar-refractivity contribution in [2.45, 2.75) is 26.3 Å². The summed E-state index contributed by atoms with van der Waals surface area (Å²) in [6, 6.07) is 5.00. The highest BCUT2D eigenvalue weighted by Gasteiger charge is 2.12. The molecule has 0 aliphatic rings. The lowest BCUT2D eigenvalue weighted by atomic mass is 10.1. The summed E-state index contributed by atoms with van der Waals surface area (Å²) in [6.45, 7) is 3.68. The molecular formula is C13H19N3O3. The summed E-state index contributed by atoms with van der Waals surface area (Å²) in [5, 5.41) is 14.1. The zero-order valence-corrected chi connectivity index (χ0v) is 11.3. The summed E-state index contributed by atoms with van der Waals surface area (Å²) in [5.74, 6) is 0.516. The van der Waals surface area contributed by atoms with Crippen molar-refractivity contribution in [1.82, 2.24) is 5.32 Å². The van der Waals surface area contributed by atoms with Crippen LogP contribution in [0.1, 0.15) is 29.3 Å². The fraction of sp³-hybridized carbons (Fsp3) is 0.385. The maximum Gasteiger partial charge on any atom is 0.251 e. The van der Waals surface area contributed by atoms with E-state index in [0.29, 0.717) is 11.3 Å². The van der Waals surface area contributed by atoms with Crippen LogP contribution < -0.4 is 15.8 Å². The maximum atomic E-state index is 12.0. The fourth-order valence-corrected chi connectivity index (χ4v) is 1.67. The second-order valence-electron chi connectivity index (χ2n) is 4.35. The number of amidine groups is 1. The molecule has 4 N–H and O–H groups in total. The van der Waals surface area contributed by atoms with Gasteiger partial charge in [-0.3, -0.25) is 4.79 Å². The van der Waals surface area contributed by atoms with Gasteiger partial charge in [-0.05, 0) is 31.5 Å². The van der Waals surface area contributed by atoms with Crippen LogP contribution >= 0.6 is 0 Å². The minimum absolute atomic E-state index is 0.0780. The van der Waals surface area contributed by atoms with Gasteiger partial charge in [-0.15, -0.1) is 0 Å². The molecule has 0 bridgehead atoms. The number of nitrogens with zero attached hydrogens (tertiary/aromatic N) is 1. The predicted octanol–water partition coefficient (Wildman–Crippen LogP) is 1.26. The van der Waals surface area contributed by atoms with Gasteiger partial charge in [-0.2, -0.15) is 0 Å². The molecule has 1 unspecified atom stereocenters. The Hall–Kier alpha value is -2.24. The first-order valence-electron chi connectivity index (χ1n) is 5.89. The van der Waals surface area contributed by atoms with E-state index in [1.165, 1.54) is 0 Å². The molecule has 6 nitrogen and oxygen atoms in total. The van der Waals surface area contributed by atoms with Crippen molar-refractivity contribution in [3.8, 4) is 5.75 Å². The van der Waals surface area contributed by atoms with Crippen LogP contribution in [0.2, 0.25) is 0 Å². The van der Waals surface area contributed by atoms with Crippen molar-refractivity contribution in [3.63, 3.8) is 0 Å². The fourth-order valence-electron chi connectivity index (χ4n) is 1.67. The lowest BCUT2D eigenvalue weighted by Crippen LogP contribution is -2.35. The first kappa shape index (κ1) is 14.8. The Morgan fingerprint density at radius 2 is 2.26 bits per heavy atom. The smallest absolute Gasteiger partial charge is 0.251 e. The molecule has 0 aliphatic heterocycles. The van der Waals surface area contributed by atoms with Crippen molar-refractivity contribution in [2.75, 3.05) is 7.11 Å². The van der Waals surface area contributed by atoms with Crippen molar-refractivity contribution in [3.05, 3.63) is 29.3 Å². The van der Waals surface area contributed by atoms with Gasteiger partial charge in [0.2, 0.25) is 0 Å². The van der Waals surface area contributed by atoms with Crippen LogP contribution in [0.4, 0.5) is 0 Å². The number of rotatable bonds is 5. The lowest BCUT2D eigenvalue weighted by Gasteiger charge is -2.14. The molecule has 1 aromatic rings. The van der Waals surface area contributed by atoms with Crippen LogP contribution in [0.5, 0.6) is 5.75 Å². The minimum atomic E-state index is -0.226. The van der Waals surface area contributed by atoms with E-state index in [1.807, 2.05) is 13.0 Å². The van der Waals surface area contributed by atoms with Crippen LogP contribution in [0.25, 0.3) is 0 Å². The summed E-state index contributed by atoms with van der Waals surface area (Å²) < 4.78 is 5.17. The lowest BCUT2D eigenvalue weighted by molar-refractivity contribution is 0.0940. The van der Waals surface area contributed by atoms with Gasteiger partial charge < -0.3 is 21.0 Å². The standard InChI is InChI=1S/C13H19N3O3/c1-8-4-5-10(7-11(8)19-3)13(17)15-9(2)6-12(14)16-18/h4-5,7,9,18H,6H2,1-3H3,(H2,14,16)(H,15,17). The average molecular weight is 265 g/mol. The van der Waals surface area contributed by atoms with E-state index in [2.05, 4.69) is 10.5 Å². The van der Waals surface area contributed by atoms with Gasteiger partial charge in [0.15, 0.2) is 0 Å². The van der Waals surface area contributed by atoms with Crippen LogP contribution in [-0.4, -0.2) is 30.1 Å². The Balaban J connectivity index is 2.73. The minimum Gasteiger partial charge on any atom is -0.496 e. The molecule has 104 valence electrons. The van der Waals surface area contributed by atoms with E-state index in [-0.39, 0.29) is 24.2 Å². The van der Waals surface area contributed by atoms with E-state index in [4.69, 9.17) is 15.7 Å². The number of amides is 1. The number of oxime groups is 1. The van der Waals surface area contributed by atoms with Gasteiger partial charge in [0.1, 0.15) is 11.6 Å². The Morgan fingerprint density at radius 1 is 1.58 bits per heavy atom. The molecule has 1 atom stereocenters. The highest BCUT2D eigenvalue weighted by Crippen LogP contribution is 2.18. The van der Waals surface area contributed by atoms with Crippen LogP contribution in [0, 0.1) is 6.92 Å². The second-order valence-corrected chi connectivity index (χ2v) is 4.35. The third-order valence-electron chi connectivity index (χ3n) is 2.69. The molecule has 1 amide bonds. The second kappa shape index (κ2) is 6.63. The molecule has 0 fully saturated rings. The third-order valence-corrected chi connectivity index (χ3v) is 2.69. The molecule has 0 spiro atoms.